The van der Waals surface area contributed by atoms with Crippen molar-refractivity contribution < 1.29 is 4.79 Å². The average molecular weight is 447 g/mol. The average Bonchev–Trinajstić information content (AvgIpc) is 3.56. The summed E-state index contributed by atoms with van der Waals surface area (Å²) in [6, 6.07) is 18.6. The maximum absolute atomic E-state index is 12.9. The van der Waals surface area contributed by atoms with Gasteiger partial charge in [0.05, 0.1) is 11.4 Å². The van der Waals surface area contributed by atoms with Crippen molar-refractivity contribution in [1.82, 2.24) is 4.90 Å². The van der Waals surface area contributed by atoms with Crippen molar-refractivity contribution in [2.75, 3.05) is 42.1 Å². The van der Waals surface area contributed by atoms with Gasteiger partial charge in [0, 0.05) is 35.3 Å². The number of likely N-dealkylation sites (tertiary alicyclic amines) is 1. The van der Waals surface area contributed by atoms with E-state index in [1.54, 1.807) is 11.3 Å². The van der Waals surface area contributed by atoms with Crippen molar-refractivity contribution in [3.63, 3.8) is 0 Å². The van der Waals surface area contributed by atoms with Gasteiger partial charge in [0.2, 0.25) is 0 Å². The molecule has 0 spiro atoms. The third kappa shape index (κ3) is 4.52. The van der Waals surface area contributed by atoms with Crippen LogP contribution in [0.2, 0.25) is 0 Å². The van der Waals surface area contributed by atoms with Gasteiger partial charge in [0.1, 0.15) is 0 Å². The van der Waals surface area contributed by atoms with Crippen LogP contribution in [-0.2, 0) is 0 Å². The lowest BCUT2D eigenvalue weighted by atomic mass is 10.0. The molecule has 2 saturated heterocycles. The second-order valence-corrected chi connectivity index (χ2v) is 9.69. The molecule has 1 aromatic heterocycles. The molecule has 32 heavy (non-hydrogen) atoms. The van der Waals surface area contributed by atoms with Gasteiger partial charge in [-0.2, -0.15) is 0 Å². The van der Waals surface area contributed by atoms with E-state index >= 15 is 0 Å². The zero-order chi connectivity index (χ0) is 21.9. The molecule has 3 aromatic rings. The minimum atomic E-state index is -0.140. The number of nitrogens with one attached hydrogen (secondary N) is 1. The number of amides is 1. The van der Waals surface area contributed by atoms with Crippen molar-refractivity contribution in [1.29, 1.82) is 0 Å². The van der Waals surface area contributed by atoms with Crippen LogP contribution in [0.1, 0.15) is 36.0 Å². The standard InChI is InChI=1S/C26H30N4OS/c27-23-10-7-20(25-4-3-17-32-25)18-24(23)28-26(31)19-5-8-21(9-6-19)30-15-11-22(12-16-30)29-13-1-2-14-29/h3-10,17-18,22H,1-2,11-16,27H2,(H,28,31). The monoisotopic (exact) mass is 446 g/mol. The Morgan fingerprint density at radius 3 is 2.41 bits per heavy atom. The van der Waals surface area contributed by atoms with Crippen LogP contribution in [0, 0.1) is 0 Å². The van der Waals surface area contributed by atoms with Gasteiger partial charge in [-0.1, -0.05) is 12.1 Å². The molecule has 0 atom stereocenters. The topological polar surface area (TPSA) is 61.6 Å². The number of carbonyl (C=O) groups excluding carboxylic acids is 1. The van der Waals surface area contributed by atoms with E-state index in [-0.39, 0.29) is 5.91 Å². The zero-order valence-electron chi connectivity index (χ0n) is 18.3. The Morgan fingerprint density at radius 1 is 0.969 bits per heavy atom. The van der Waals surface area contributed by atoms with Crippen molar-refractivity contribution >= 4 is 34.3 Å². The molecule has 6 heteroatoms. The molecule has 2 aromatic carbocycles. The molecule has 2 aliphatic heterocycles. The van der Waals surface area contributed by atoms with Gasteiger partial charge in [-0.15, -0.1) is 11.3 Å². The van der Waals surface area contributed by atoms with Gasteiger partial charge in [-0.25, -0.2) is 0 Å². The first-order valence-electron chi connectivity index (χ1n) is 11.5. The van der Waals surface area contributed by atoms with Crippen LogP contribution in [-0.4, -0.2) is 43.0 Å². The van der Waals surface area contributed by atoms with Crippen molar-refractivity contribution in [3.8, 4) is 10.4 Å². The van der Waals surface area contributed by atoms with E-state index in [9.17, 15) is 4.79 Å². The van der Waals surface area contributed by atoms with Crippen LogP contribution in [0.4, 0.5) is 17.1 Å². The Kier molecular flexibility index (Phi) is 6.14. The Labute approximate surface area is 193 Å². The quantitative estimate of drug-likeness (QED) is 0.521. The van der Waals surface area contributed by atoms with Crippen LogP contribution in [0.5, 0.6) is 0 Å². The van der Waals surface area contributed by atoms with E-state index in [0.717, 1.165) is 29.6 Å². The molecule has 166 valence electrons. The first-order chi connectivity index (χ1) is 15.7. The van der Waals surface area contributed by atoms with Gasteiger partial charge in [0.25, 0.3) is 5.91 Å². The van der Waals surface area contributed by atoms with Gasteiger partial charge >= 0.3 is 0 Å². The summed E-state index contributed by atoms with van der Waals surface area (Å²) in [7, 11) is 0. The van der Waals surface area contributed by atoms with E-state index in [4.69, 9.17) is 5.73 Å². The van der Waals surface area contributed by atoms with Crippen LogP contribution < -0.4 is 16.0 Å². The molecule has 0 unspecified atom stereocenters. The third-order valence-electron chi connectivity index (χ3n) is 6.72. The minimum Gasteiger partial charge on any atom is -0.397 e. The molecule has 0 aliphatic carbocycles. The second kappa shape index (κ2) is 9.35. The summed E-state index contributed by atoms with van der Waals surface area (Å²) in [6.07, 6.45) is 5.16. The SMILES string of the molecule is Nc1ccc(-c2cccs2)cc1NC(=O)c1ccc(N2CCC(N3CCCC3)CC2)cc1. The molecule has 0 radical (unpaired) electrons. The molecule has 0 saturated carbocycles. The van der Waals surface area contributed by atoms with E-state index in [0.29, 0.717) is 16.9 Å². The number of benzene rings is 2. The number of rotatable bonds is 5. The lowest BCUT2D eigenvalue weighted by molar-refractivity contribution is 0.102. The van der Waals surface area contributed by atoms with Crippen molar-refractivity contribution in [3.05, 3.63) is 65.5 Å². The number of hydrogen-bond donors (Lipinski definition) is 2. The Bertz CT molecular complexity index is 1050. The summed E-state index contributed by atoms with van der Waals surface area (Å²) in [5.41, 5.74) is 10.2. The fourth-order valence-electron chi connectivity index (χ4n) is 4.87. The van der Waals surface area contributed by atoms with Crippen molar-refractivity contribution in [2.45, 2.75) is 31.7 Å². The number of hydrogen-bond acceptors (Lipinski definition) is 5. The zero-order valence-corrected chi connectivity index (χ0v) is 19.1. The highest BCUT2D eigenvalue weighted by Crippen LogP contribution is 2.31. The maximum atomic E-state index is 12.9. The summed E-state index contributed by atoms with van der Waals surface area (Å²) in [5.74, 6) is -0.140. The highest BCUT2D eigenvalue weighted by molar-refractivity contribution is 7.13. The van der Waals surface area contributed by atoms with E-state index in [2.05, 4.69) is 33.3 Å². The molecule has 2 aliphatic rings. The Hall–Kier alpha value is -2.83. The summed E-state index contributed by atoms with van der Waals surface area (Å²) in [4.78, 5) is 19.1. The predicted molar refractivity (Wildman–Crippen MR) is 135 cm³/mol. The fraction of sp³-hybridized carbons (Fsp3) is 0.346. The van der Waals surface area contributed by atoms with Crippen molar-refractivity contribution in [2.24, 2.45) is 0 Å². The molecular weight excluding hydrogens is 416 g/mol. The number of thiophene rings is 1. The van der Waals surface area contributed by atoms with Gasteiger partial charge in [-0.05, 0) is 92.2 Å². The fourth-order valence-corrected chi connectivity index (χ4v) is 5.60. The number of carbonyl (C=O) groups is 1. The molecule has 0 bridgehead atoms. The Morgan fingerprint density at radius 2 is 1.72 bits per heavy atom. The van der Waals surface area contributed by atoms with Crippen LogP contribution in [0.3, 0.4) is 0 Å². The van der Waals surface area contributed by atoms with Gasteiger partial charge in [-0.3, -0.25) is 4.79 Å². The molecule has 3 N–H and O–H groups in total. The molecule has 3 heterocycles. The van der Waals surface area contributed by atoms with Gasteiger partial charge < -0.3 is 20.9 Å². The van der Waals surface area contributed by atoms with Crippen LogP contribution in [0.15, 0.2) is 60.0 Å². The minimum absolute atomic E-state index is 0.140. The van der Waals surface area contributed by atoms with Crippen LogP contribution >= 0.6 is 11.3 Å². The smallest absolute Gasteiger partial charge is 0.255 e. The third-order valence-corrected chi connectivity index (χ3v) is 7.64. The second-order valence-electron chi connectivity index (χ2n) is 8.74. The lowest BCUT2D eigenvalue weighted by Gasteiger charge is -2.37. The number of nitrogens with zero attached hydrogens (tertiary/aromatic N) is 2. The first kappa shape index (κ1) is 21.0. The van der Waals surface area contributed by atoms with Gasteiger partial charge in [0.15, 0.2) is 0 Å². The molecule has 5 rings (SSSR count). The Balaban J connectivity index is 1.22. The largest absolute Gasteiger partial charge is 0.397 e. The molecular formula is C26H30N4OS. The van der Waals surface area contributed by atoms with E-state index < -0.39 is 0 Å². The number of anilines is 3. The number of piperidine rings is 1. The summed E-state index contributed by atoms with van der Waals surface area (Å²) in [6.45, 7) is 4.71. The highest BCUT2D eigenvalue weighted by atomic mass is 32.1. The summed E-state index contributed by atoms with van der Waals surface area (Å²) in [5, 5.41) is 5.03. The number of nitrogens with two attached hydrogens (primary N) is 1. The summed E-state index contributed by atoms with van der Waals surface area (Å²) >= 11 is 1.67. The van der Waals surface area contributed by atoms with Crippen LogP contribution in [0.25, 0.3) is 10.4 Å². The molecule has 1 amide bonds. The number of nitrogen functional groups attached to an aromatic ring is 1. The molecule has 2 fully saturated rings. The highest BCUT2D eigenvalue weighted by Gasteiger charge is 2.26. The normalized spacial score (nSPS) is 17.6. The molecule has 5 nitrogen and oxygen atoms in total. The lowest BCUT2D eigenvalue weighted by Crippen LogP contribution is -2.43. The van der Waals surface area contributed by atoms with E-state index in [1.807, 2.05) is 41.8 Å². The first-order valence-corrected chi connectivity index (χ1v) is 12.4. The van der Waals surface area contributed by atoms with E-state index in [1.165, 1.54) is 44.5 Å². The maximum Gasteiger partial charge on any atom is 0.255 e. The summed E-state index contributed by atoms with van der Waals surface area (Å²) < 4.78 is 0. The predicted octanol–water partition coefficient (Wildman–Crippen LogP) is 5.31.